The van der Waals surface area contributed by atoms with E-state index >= 15 is 0 Å². The maximum Gasteiger partial charge on any atom is 0.224 e. The van der Waals surface area contributed by atoms with Gasteiger partial charge in [0.15, 0.2) is 0 Å². The molecule has 0 saturated carbocycles. The van der Waals surface area contributed by atoms with E-state index in [0.29, 0.717) is 25.1 Å². The van der Waals surface area contributed by atoms with Crippen LogP contribution in [-0.4, -0.2) is 18.6 Å². The highest BCUT2D eigenvalue weighted by Gasteiger charge is 2.06. The molecular weight excluding hydrogens is 235 g/mol. The van der Waals surface area contributed by atoms with Crippen LogP contribution in [0.1, 0.15) is 26.7 Å². The molecule has 0 aliphatic rings. The van der Waals surface area contributed by atoms with E-state index in [9.17, 15) is 9.18 Å². The summed E-state index contributed by atoms with van der Waals surface area (Å²) < 4.78 is 18.1. The molecule has 1 aromatic rings. The minimum absolute atomic E-state index is 0.152. The van der Waals surface area contributed by atoms with Gasteiger partial charge in [-0.1, -0.05) is 0 Å². The van der Waals surface area contributed by atoms with Gasteiger partial charge < -0.3 is 15.8 Å². The molecule has 0 aliphatic carbocycles. The van der Waals surface area contributed by atoms with E-state index < -0.39 is 5.82 Å². The summed E-state index contributed by atoms with van der Waals surface area (Å²) in [7, 11) is 0. The van der Waals surface area contributed by atoms with E-state index in [-0.39, 0.29) is 17.7 Å². The Kier molecular flexibility index (Phi) is 5.58. The molecule has 3 N–H and O–H groups in total. The molecule has 0 fully saturated rings. The van der Waals surface area contributed by atoms with E-state index in [0.717, 1.165) is 0 Å². The Labute approximate surface area is 106 Å². The van der Waals surface area contributed by atoms with E-state index in [2.05, 4.69) is 5.32 Å². The zero-order valence-corrected chi connectivity index (χ0v) is 10.7. The average Bonchev–Trinajstić information content (AvgIpc) is 2.28. The number of carbonyl (C=O) groups excluding carboxylic acids is 1. The number of halogens is 1. The highest BCUT2D eigenvalue weighted by Crippen LogP contribution is 2.19. The number of nitrogen functional groups attached to an aromatic ring is 1. The molecule has 1 amide bonds. The Hall–Kier alpha value is -1.62. The highest BCUT2D eigenvalue weighted by molar-refractivity contribution is 5.93. The fourth-order valence-corrected chi connectivity index (χ4v) is 1.41. The summed E-state index contributed by atoms with van der Waals surface area (Å²) in [6.45, 7) is 4.43. The number of anilines is 2. The van der Waals surface area contributed by atoms with Crippen molar-refractivity contribution < 1.29 is 13.9 Å². The molecule has 0 spiro atoms. The van der Waals surface area contributed by atoms with Crippen molar-refractivity contribution in [2.24, 2.45) is 0 Å². The quantitative estimate of drug-likeness (QED) is 0.605. The maximum atomic E-state index is 12.8. The van der Waals surface area contributed by atoms with Gasteiger partial charge in [-0.3, -0.25) is 4.79 Å². The molecule has 1 rings (SSSR count). The molecule has 5 heteroatoms. The van der Waals surface area contributed by atoms with Crippen LogP contribution in [0.25, 0.3) is 0 Å². The third-order valence-electron chi connectivity index (χ3n) is 2.29. The zero-order valence-electron chi connectivity index (χ0n) is 10.7. The first-order valence-corrected chi connectivity index (χ1v) is 5.95. The Morgan fingerprint density at radius 3 is 2.83 bits per heavy atom. The van der Waals surface area contributed by atoms with Gasteiger partial charge in [0.2, 0.25) is 5.91 Å². The average molecular weight is 254 g/mol. The fourth-order valence-electron chi connectivity index (χ4n) is 1.41. The molecule has 1 aromatic carbocycles. The lowest BCUT2D eigenvalue weighted by Crippen LogP contribution is -2.14. The third kappa shape index (κ3) is 5.14. The zero-order chi connectivity index (χ0) is 13.5. The minimum Gasteiger partial charge on any atom is -0.397 e. The van der Waals surface area contributed by atoms with E-state index in [1.54, 1.807) is 0 Å². The number of hydrogen-bond acceptors (Lipinski definition) is 3. The second-order valence-corrected chi connectivity index (χ2v) is 4.30. The van der Waals surface area contributed by atoms with E-state index in [1.165, 1.54) is 18.2 Å². The van der Waals surface area contributed by atoms with Crippen molar-refractivity contribution >= 4 is 17.3 Å². The van der Waals surface area contributed by atoms with Gasteiger partial charge in [0.25, 0.3) is 0 Å². The summed E-state index contributed by atoms with van der Waals surface area (Å²) >= 11 is 0. The van der Waals surface area contributed by atoms with Crippen molar-refractivity contribution in [3.63, 3.8) is 0 Å². The van der Waals surface area contributed by atoms with Crippen LogP contribution in [0.2, 0.25) is 0 Å². The number of amides is 1. The maximum absolute atomic E-state index is 12.8. The van der Waals surface area contributed by atoms with Crippen molar-refractivity contribution in [2.75, 3.05) is 17.7 Å². The van der Waals surface area contributed by atoms with Crippen molar-refractivity contribution in [1.82, 2.24) is 0 Å². The normalized spacial score (nSPS) is 10.7. The molecule has 4 nitrogen and oxygen atoms in total. The molecule has 100 valence electrons. The molecule has 0 bridgehead atoms. The molecule has 0 radical (unpaired) electrons. The number of nitrogens with one attached hydrogen (secondary N) is 1. The molecule has 0 saturated heterocycles. The van der Waals surface area contributed by atoms with Gasteiger partial charge in [-0.05, 0) is 38.5 Å². The van der Waals surface area contributed by atoms with Gasteiger partial charge in [0, 0.05) is 13.0 Å². The first-order chi connectivity index (χ1) is 8.49. The summed E-state index contributed by atoms with van der Waals surface area (Å²) in [6, 6.07) is 3.89. The lowest BCUT2D eigenvalue weighted by atomic mass is 10.2. The number of ether oxygens (including phenoxy) is 1. The summed E-state index contributed by atoms with van der Waals surface area (Å²) in [5.41, 5.74) is 6.24. The predicted molar refractivity (Wildman–Crippen MR) is 69.8 cm³/mol. The van der Waals surface area contributed by atoms with Crippen molar-refractivity contribution in [3.05, 3.63) is 24.0 Å². The Morgan fingerprint density at radius 2 is 2.22 bits per heavy atom. The van der Waals surface area contributed by atoms with E-state index in [4.69, 9.17) is 10.5 Å². The topological polar surface area (TPSA) is 64.3 Å². The molecule has 0 aromatic heterocycles. The first kappa shape index (κ1) is 14.4. The van der Waals surface area contributed by atoms with Gasteiger partial charge >= 0.3 is 0 Å². The number of carbonyl (C=O) groups is 1. The highest BCUT2D eigenvalue weighted by atomic mass is 19.1. The van der Waals surface area contributed by atoms with Gasteiger partial charge in [0.05, 0.1) is 17.5 Å². The number of nitrogens with two attached hydrogens (primary N) is 1. The number of rotatable bonds is 6. The summed E-state index contributed by atoms with van der Waals surface area (Å²) in [6.07, 6.45) is 1.16. The van der Waals surface area contributed by atoms with Crippen LogP contribution >= 0.6 is 0 Å². The van der Waals surface area contributed by atoms with Crippen molar-refractivity contribution in [1.29, 1.82) is 0 Å². The summed E-state index contributed by atoms with van der Waals surface area (Å²) in [5.74, 6) is -0.573. The lowest BCUT2D eigenvalue weighted by molar-refractivity contribution is -0.116. The van der Waals surface area contributed by atoms with Crippen LogP contribution in [0.3, 0.4) is 0 Å². The molecule has 18 heavy (non-hydrogen) atoms. The van der Waals surface area contributed by atoms with Crippen LogP contribution in [0, 0.1) is 5.82 Å². The number of hydrogen-bond donors (Lipinski definition) is 2. The molecule has 0 heterocycles. The van der Waals surface area contributed by atoms with Gasteiger partial charge in [-0.15, -0.1) is 0 Å². The smallest absolute Gasteiger partial charge is 0.224 e. The summed E-state index contributed by atoms with van der Waals surface area (Å²) in [4.78, 5) is 11.6. The van der Waals surface area contributed by atoms with Crippen LogP contribution < -0.4 is 11.1 Å². The van der Waals surface area contributed by atoms with Gasteiger partial charge in [0.1, 0.15) is 5.82 Å². The fraction of sp³-hybridized carbons (Fsp3) is 0.462. The van der Waals surface area contributed by atoms with Crippen LogP contribution in [0.15, 0.2) is 18.2 Å². The second kappa shape index (κ2) is 6.96. The van der Waals surface area contributed by atoms with Gasteiger partial charge in [-0.25, -0.2) is 4.39 Å². The van der Waals surface area contributed by atoms with Crippen LogP contribution in [-0.2, 0) is 9.53 Å². The van der Waals surface area contributed by atoms with Crippen LogP contribution in [0.4, 0.5) is 15.8 Å². The SMILES string of the molecule is CC(C)OCCCC(=O)Nc1ccc(F)cc1N. The Balaban J connectivity index is 2.35. The van der Waals surface area contributed by atoms with Crippen molar-refractivity contribution in [3.8, 4) is 0 Å². The number of benzene rings is 1. The van der Waals surface area contributed by atoms with E-state index in [1.807, 2.05) is 13.8 Å². The molecule has 0 aliphatic heterocycles. The predicted octanol–water partition coefficient (Wildman–Crippen LogP) is 2.55. The van der Waals surface area contributed by atoms with Crippen molar-refractivity contribution in [2.45, 2.75) is 32.8 Å². The molecule has 0 unspecified atom stereocenters. The Bertz CT molecular complexity index is 408. The monoisotopic (exact) mass is 254 g/mol. The summed E-state index contributed by atoms with van der Waals surface area (Å²) in [5, 5.41) is 2.64. The molecular formula is C13H19FN2O2. The largest absolute Gasteiger partial charge is 0.397 e. The second-order valence-electron chi connectivity index (χ2n) is 4.30. The van der Waals surface area contributed by atoms with Gasteiger partial charge in [-0.2, -0.15) is 0 Å². The Morgan fingerprint density at radius 1 is 1.50 bits per heavy atom. The van der Waals surface area contributed by atoms with Crippen LogP contribution in [0.5, 0.6) is 0 Å². The molecule has 0 atom stereocenters. The lowest BCUT2D eigenvalue weighted by Gasteiger charge is -2.09. The third-order valence-corrected chi connectivity index (χ3v) is 2.29. The minimum atomic E-state index is -0.421. The standard InChI is InChI=1S/C13H19FN2O2/c1-9(2)18-7-3-4-13(17)16-12-6-5-10(14)8-11(12)15/h5-6,8-9H,3-4,7,15H2,1-2H3,(H,16,17). The first-order valence-electron chi connectivity index (χ1n) is 5.95.